The van der Waals surface area contributed by atoms with Crippen LogP contribution in [0.3, 0.4) is 0 Å². The fraction of sp³-hybridized carbons (Fsp3) is 0.800. The first-order chi connectivity index (χ1) is 10.1. The van der Waals surface area contributed by atoms with Gasteiger partial charge in [0.1, 0.15) is 0 Å². The van der Waals surface area contributed by atoms with Crippen molar-refractivity contribution in [3.8, 4) is 0 Å². The molecule has 2 fully saturated rings. The molecule has 0 aromatic carbocycles. The molecule has 2 saturated heterocycles. The maximum atomic E-state index is 12.6. The molecule has 0 saturated carbocycles. The van der Waals surface area contributed by atoms with E-state index in [0.29, 0.717) is 11.1 Å². The van der Waals surface area contributed by atoms with Gasteiger partial charge in [0.05, 0.1) is 6.20 Å². The fourth-order valence-electron chi connectivity index (χ4n) is 3.60. The zero-order valence-corrected chi connectivity index (χ0v) is 13.1. The molecule has 1 spiro atoms. The highest BCUT2D eigenvalue weighted by atomic mass is 16.2. The summed E-state index contributed by atoms with van der Waals surface area (Å²) in [4.78, 5) is 17.0. The summed E-state index contributed by atoms with van der Waals surface area (Å²) in [6.07, 6.45) is 6.53. The molecule has 0 bridgehead atoms. The number of nitrogens with zero attached hydrogens (tertiary/aromatic N) is 5. The van der Waals surface area contributed by atoms with Crippen molar-refractivity contribution in [1.82, 2.24) is 24.8 Å². The summed E-state index contributed by atoms with van der Waals surface area (Å²) in [5, 5.41) is 8.00. The minimum absolute atomic E-state index is 0.0488. The molecule has 21 heavy (non-hydrogen) atoms. The SMILES string of the molecule is CCn1cc(C(=O)N2CCCC3(CCN(C)CC3)C2)nn1. The minimum atomic E-state index is 0.0488. The highest BCUT2D eigenvalue weighted by Crippen LogP contribution is 2.39. The summed E-state index contributed by atoms with van der Waals surface area (Å²) in [5.41, 5.74) is 0.822. The van der Waals surface area contributed by atoms with Crippen LogP contribution in [0.4, 0.5) is 0 Å². The summed E-state index contributed by atoms with van der Waals surface area (Å²) in [6, 6.07) is 0. The molecular weight excluding hydrogens is 266 g/mol. The van der Waals surface area contributed by atoms with Crippen LogP contribution in [0.1, 0.15) is 43.1 Å². The molecule has 3 heterocycles. The van der Waals surface area contributed by atoms with Gasteiger partial charge in [-0.25, -0.2) is 0 Å². The van der Waals surface area contributed by atoms with Gasteiger partial charge < -0.3 is 9.80 Å². The van der Waals surface area contributed by atoms with Crippen LogP contribution in [0.15, 0.2) is 6.20 Å². The molecule has 3 rings (SSSR count). The monoisotopic (exact) mass is 291 g/mol. The Morgan fingerprint density at radius 2 is 2.05 bits per heavy atom. The van der Waals surface area contributed by atoms with Crippen LogP contribution in [0, 0.1) is 5.41 Å². The van der Waals surface area contributed by atoms with E-state index in [1.54, 1.807) is 10.9 Å². The smallest absolute Gasteiger partial charge is 0.276 e. The number of hydrogen-bond donors (Lipinski definition) is 0. The molecule has 0 atom stereocenters. The number of aromatic nitrogens is 3. The quantitative estimate of drug-likeness (QED) is 0.823. The fourth-order valence-corrected chi connectivity index (χ4v) is 3.60. The average molecular weight is 291 g/mol. The second kappa shape index (κ2) is 5.75. The van der Waals surface area contributed by atoms with Crippen molar-refractivity contribution in [2.24, 2.45) is 5.41 Å². The molecule has 1 amide bonds. The Labute approximate surface area is 126 Å². The van der Waals surface area contributed by atoms with Gasteiger partial charge in [-0.1, -0.05) is 5.21 Å². The Balaban J connectivity index is 1.69. The molecule has 0 aliphatic carbocycles. The van der Waals surface area contributed by atoms with Crippen LogP contribution in [-0.2, 0) is 6.54 Å². The van der Waals surface area contributed by atoms with Gasteiger partial charge in [-0.2, -0.15) is 0 Å². The first kappa shape index (κ1) is 14.5. The lowest BCUT2D eigenvalue weighted by Gasteiger charge is -2.47. The van der Waals surface area contributed by atoms with Gasteiger partial charge in [-0.3, -0.25) is 9.48 Å². The van der Waals surface area contributed by atoms with Gasteiger partial charge in [0.2, 0.25) is 0 Å². The van der Waals surface area contributed by atoms with E-state index < -0.39 is 0 Å². The van der Waals surface area contributed by atoms with Crippen molar-refractivity contribution >= 4 is 5.91 Å². The molecule has 116 valence electrons. The van der Waals surface area contributed by atoms with E-state index in [1.165, 1.54) is 19.3 Å². The first-order valence-electron chi connectivity index (χ1n) is 8.00. The standard InChI is InChI=1S/C15H25N5O/c1-3-20-11-13(16-17-20)14(21)19-8-4-5-15(12-19)6-9-18(2)10-7-15/h11H,3-10,12H2,1-2H3. The van der Waals surface area contributed by atoms with Crippen LogP contribution < -0.4 is 0 Å². The van der Waals surface area contributed by atoms with Gasteiger partial charge >= 0.3 is 0 Å². The average Bonchev–Trinajstić information content (AvgIpc) is 2.99. The zero-order chi connectivity index (χ0) is 14.9. The Kier molecular flexibility index (Phi) is 3.97. The van der Waals surface area contributed by atoms with E-state index in [9.17, 15) is 4.79 Å². The maximum Gasteiger partial charge on any atom is 0.276 e. The third-order valence-electron chi connectivity index (χ3n) is 5.08. The lowest BCUT2D eigenvalue weighted by atomic mass is 9.72. The molecule has 0 radical (unpaired) electrons. The third kappa shape index (κ3) is 2.95. The lowest BCUT2D eigenvalue weighted by molar-refractivity contribution is 0.0257. The summed E-state index contributed by atoms with van der Waals surface area (Å²) in [5.74, 6) is 0.0488. The predicted octanol–water partition coefficient (Wildman–Crippen LogP) is 1.25. The first-order valence-corrected chi connectivity index (χ1v) is 8.00. The van der Waals surface area contributed by atoms with E-state index in [2.05, 4.69) is 22.3 Å². The third-order valence-corrected chi connectivity index (χ3v) is 5.08. The number of carbonyl (C=O) groups is 1. The number of piperidine rings is 2. The number of aryl methyl sites for hydroxylation is 1. The van der Waals surface area contributed by atoms with Crippen molar-refractivity contribution in [1.29, 1.82) is 0 Å². The van der Waals surface area contributed by atoms with Crippen molar-refractivity contribution in [3.05, 3.63) is 11.9 Å². The number of likely N-dealkylation sites (tertiary alicyclic amines) is 2. The number of carbonyl (C=O) groups excluding carboxylic acids is 1. The number of hydrogen-bond acceptors (Lipinski definition) is 4. The van der Waals surface area contributed by atoms with Gasteiger partial charge in [0.15, 0.2) is 5.69 Å². The topological polar surface area (TPSA) is 54.3 Å². The van der Waals surface area contributed by atoms with Gasteiger partial charge in [0.25, 0.3) is 5.91 Å². The predicted molar refractivity (Wildman–Crippen MR) is 80.0 cm³/mol. The van der Waals surface area contributed by atoms with Crippen LogP contribution >= 0.6 is 0 Å². The van der Waals surface area contributed by atoms with Crippen LogP contribution in [0.25, 0.3) is 0 Å². The zero-order valence-electron chi connectivity index (χ0n) is 13.1. The number of rotatable bonds is 2. The van der Waals surface area contributed by atoms with Gasteiger partial charge in [-0.05, 0) is 58.2 Å². The summed E-state index contributed by atoms with van der Waals surface area (Å²) in [7, 11) is 2.18. The van der Waals surface area contributed by atoms with E-state index in [4.69, 9.17) is 0 Å². The Morgan fingerprint density at radius 1 is 1.29 bits per heavy atom. The van der Waals surface area contributed by atoms with Gasteiger partial charge in [0, 0.05) is 19.6 Å². The highest BCUT2D eigenvalue weighted by Gasteiger charge is 2.39. The molecule has 0 unspecified atom stereocenters. The molecule has 1 aromatic rings. The highest BCUT2D eigenvalue weighted by molar-refractivity contribution is 5.92. The molecule has 6 heteroatoms. The van der Waals surface area contributed by atoms with Crippen LogP contribution in [0.2, 0.25) is 0 Å². The Morgan fingerprint density at radius 3 is 2.71 bits per heavy atom. The van der Waals surface area contributed by atoms with Crippen molar-refractivity contribution in [2.45, 2.75) is 39.2 Å². The molecule has 0 N–H and O–H groups in total. The normalized spacial score (nSPS) is 22.7. The largest absolute Gasteiger partial charge is 0.337 e. The van der Waals surface area contributed by atoms with E-state index in [0.717, 1.165) is 39.1 Å². The lowest BCUT2D eigenvalue weighted by Crippen LogP contribution is -2.50. The molecule has 6 nitrogen and oxygen atoms in total. The minimum Gasteiger partial charge on any atom is -0.337 e. The van der Waals surface area contributed by atoms with E-state index in [1.807, 2.05) is 11.8 Å². The molecular formula is C15H25N5O. The second-order valence-electron chi connectivity index (χ2n) is 6.59. The van der Waals surface area contributed by atoms with E-state index in [-0.39, 0.29) is 5.91 Å². The Bertz CT molecular complexity index is 504. The summed E-state index contributed by atoms with van der Waals surface area (Å²) in [6.45, 7) is 6.78. The van der Waals surface area contributed by atoms with Crippen molar-refractivity contribution < 1.29 is 4.79 Å². The molecule has 2 aliphatic rings. The molecule has 1 aromatic heterocycles. The van der Waals surface area contributed by atoms with Gasteiger partial charge in [-0.15, -0.1) is 5.10 Å². The summed E-state index contributed by atoms with van der Waals surface area (Å²) < 4.78 is 1.71. The Hall–Kier alpha value is -1.43. The van der Waals surface area contributed by atoms with E-state index >= 15 is 0 Å². The number of amides is 1. The maximum absolute atomic E-state index is 12.6. The van der Waals surface area contributed by atoms with Crippen LogP contribution in [0.5, 0.6) is 0 Å². The second-order valence-corrected chi connectivity index (χ2v) is 6.59. The van der Waals surface area contributed by atoms with Crippen LogP contribution in [-0.4, -0.2) is 63.9 Å². The van der Waals surface area contributed by atoms with Crippen molar-refractivity contribution in [2.75, 3.05) is 33.2 Å². The summed E-state index contributed by atoms with van der Waals surface area (Å²) >= 11 is 0. The van der Waals surface area contributed by atoms with Crippen molar-refractivity contribution in [3.63, 3.8) is 0 Å². The molecule has 2 aliphatic heterocycles.